The van der Waals surface area contributed by atoms with Gasteiger partial charge in [0.25, 0.3) is 0 Å². The van der Waals surface area contributed by atoms with Gasteiger partial charge in [-0.05, 0) is 24.3 Å². The van der Waals surface area contributed by atoms with Crippen LogP contribution in [0.3, 0.4) is 0 Å². The monoisotopic (exact) mass is 283 g/mol. The Hall–Kier alpha value is -2.10. The van der Waals surface area contributed by atoms with Crippen LogP contribution in [-0.4, -0.2) is 33.9 Å². The highest BCUT2D eigenvalue weighted by Gasteiger charge is 2.25. The zero-order valence-electron chi connectivity index (χ0n) is 12.2. The highest BCUT2D eigenvalue weighted by atomic mass is 16.2. The van der Waals surface area contributed by atoms with E-state index >= 15 is 0 Å². The van der Waals surface area contributed by atoms with Crippen LogP contribution < -0.4 is 0 Å². The van der Waals surface area contributed by atoms with Crippen LogP contribution in [-0.2, 0) is 17.6 Å². The molecule has 0 spiro atoms. The van der Waals surface area contributed by atoms with E-state index in [0.29, 0.717) is 18.8 Å². The third-order valence-corrected chi connectivity index (χ3v) is 4.14. The van der Waals surface area contributed by atoms with Gasteiger partial charge in [0.05, 0.1) is 0 Å². The van der Waals surface area contributed by atoms with Crippen molar-refractivity contribution in [3.8, 4) is 0 Å². The molecule has 1 fully saturated rings. The van der Waals surface area contributed by atoms with E-state index < -0.39 is 0 Å². The van der Waals surface area contributed by atoms with Gasteiger partial charge >= 0.3 is 0 Å². The molecule has 2 heterocycles. The van der Waals surface area contributed by atoms with Crippen LogP contribution in [0.1, 0.15) is 24.2 Å². The summed E-state index contributed by atoms with van der Waals surface area (Å²) in [5, 5.41) is 0. The maximum atomic E-state index is 12.2. The van der Waals surface area contributed by atoms with Gasteiger partial charge in [-0.3, -0.25) is 4.79 Å². The zero-order valence-corrected chi connectivity index (χ0v) is 12.2. The first kappa shape index (κ1) is 13.9. The number of hydrogen-bond donors (Lipinski definition) is 1. The summed E-state index contributed by atoms with van der Waals surface area (Å²) in [7, 11) is 0. The number of carbonyl (C=O) groups is 1. The van der Waals surface area contributed by atoms with Crippen molar-refractivity contribution >= 4 is 5.91 Å². The van der Waals surface area contributed by atoms with Crippen molar-refractivity contribution in [1.29, 1.82) is 0 Å². The van der Waals surface area contributed by atoms with Crippen LogP contribution in [0, 0.1) is 5.92 Å². The van der Waals surface area contributed by atoms with Gasteiger partial charge in [-0.25, -0.2) is 4.98 Å². The molecule has 0 saturated carbocycles. The topological polar surface area (TPSA) is 49.0 Å². The van der Waals surface area contributed by atoms with Crippen molar-refractivity contribution in [2.45, 2.75) is 25.7 Å². The molecule has 1 N–H and O–H groups in total. The molecule has 110 valence electrons. The molecular weight excluding hydrogens is 262 g/mol. The molecule has 21 heavy (non-hydrogen) atoms. The third kappa shape index (κ3) is 3.72. The minimum atomic E-state index is 0.252. The van der Waals surface area contributed by atoms with Gasteiger partial charge in [-0.15, -0.1) is 0 Å². The van der Waals surface area contributed by atoms with Crippen molar-refractivity contribution in [2.24, 2.45) is 5.92 Å². The molecule has 1 amide bonds. The van der Waals surface area contributed by atoms with Gasteiger partial charge in [0, 0.05) is 38.3 Å². The summed E-state index contributed by atoms with van der Waals surface area (Å²) in [5.74, 6) is 1.74. The second kappa shape index (κ2) is 6.57. The molecule has 0 bridgehead atoms. The number of carbonyl (C=O) groups excluding carboxylic acids is 1. The van der Waals surface area contributed by atoms with Crippen molar-refractivity contribution in [2.75, 3.05) is 13.1 Å². The number of benzene rings is 1. The smallest absolute Gasteiger partial charge is 0.223 e. The van der Waals surface area contributed by atoms with E-state index in [0.717, 1.165) is 31.8 Å². The van der Waals surface area contributed by atoms with E-state index in [9.17, 15) is 4.79 Å². The Morgan fingerprint density at radius 2 is 2.19 bits per heavy atom. The fourth-order valence-corrected chi connectivity index (χ4v) is 2.99. The number of H-pyrrole nitrogens is 1. The molecule has 0 aliphatic carbocycles. The molecule has 4 nitrogen and oxygen atoms in total. The number of aromatic amines is 1. The lowest BCUT2D eigenvalue weighted by atomic mass is 9.99. The number of nitrogens with zero attached hydrogens (tertiary/aromatic N) is 2. The molecule has 1 aliphatic rings. The summed E-state index contributed by atoms with van der Waals surface area (Å²) < 4.78 is 0. The van der Waals surface area contributed by atoms with E-state index in [1.807, 2.05) is 11.0 Å². The van der Waals surface area contributed by atoms with Gasteiger partial charge < -0.3 is 9.88 Å². The second-order valence-electron chi connectivity index (χ2n) is 5.72. The average Bonchev–Trinajstić information content (AvgIpc) is 3.17. The van der Waals surface area contributed by atoms with Crippen LogP contribution in [0.2, 0.25) is 0 Å². The lowest BCUT2D eigenvalue weighted by molar-refractivity contribution is -0.130. The number of likely N-dealkylation sites (tertiary alicyclic amines) is 1. The molecule has 1 unspecified atom stereocenters. The van der Waals surface area contributed by atoms with Gasteiger partial charge in [0.1, 0.15) is 5.82 Å². The Bertz CT molecular complexity index is 565. The molecule has 0 radical (unpaired) electrons. The van der Waals surface area contributed by atoms with E-state index in [1.165, 1.54) is 5.56 Å². The van der Waals surface area contributed by atoms with E-state index in [2.05, 4.69) is 34.2 Å². The van der Waals surface area contributed by atoms with Gasteiger partial charge in [0.2, 0.25) is 5.91 Å². The van der Waals surface area contributed by atoms with Crippen LogP contribution in [0.15, 0.2) is 42.7 Å². The van der Waals surface area contributed by atoms with E-state index in [4.69, 9.17) is 0 Å². The predicted octanol–water partition coefficient (Wildman–Crippen LogP) is 2.43. The van der Waals surface area contributed by atoms with Crippen LogP contribution in [0.4, 0.5) is 0 Å². The standard InChI is InChI=1S/C17H21N3O/c21-17(7-6-16-18-9-10-19-16)20-11-8-15(13-20)12-14-4-2-1-3-5-14/h1-5,9-10,15H,6-8,11-13H2,(H,18,19). The lowest BCUT2D eigenvalue weighted by Gasteiger charge is -2.16. The molecule has 3 rings (SSSR count). The minimum Gasteiger partial charge on any atom is -0.349 e. The SMILES string of the molecule is O=C(CCc1ncc[nH]1)N1CCC(Cc2ccccc2)C1. The maximum Gasteiger partial charge on any atom is 0.223 e. The van der Waals surface area contributed by atoms with Crippen molar-refractivity contribution in [3.63, 3.8) is 0 Å². The van der Waals surface area contributed by atoms with Crippen molar-refractivity contribution in [3.05, 3.63) is 54.1 Å². The largest absolute Gasteiger partial charge is 0.349 e. The van der Waals surface area contributed by atoms with Gasteiger partial charge in [-0.2, -0.15) is 0 Å². The number of amides is 1. The molecular formula is C17H21N3O. The summed E-state index contributed by atoms with van der Waals surface area (Å²) in [6.07, 6.45) is 6.96. The molecule has 1 aromatic carbocycles. The Morgan fingerprint density at radius 3 is 2.95 bits per heavy atom. The predicted molar refractivity (Wildman–Crippen MR) is 81.7 cm³/mol. The normalized spacial score (nSPS) is 18.1. The lowest BCUT2D eigenvalue weighted by Crippen LogP contribution is -2.29. The number of hydrogen-bond acceptors (Lipinski definition) is 2. The fourth-order valence-electron chi connectivity index (χ4n) is 2.99. The van der Waals surface area contributed by atoms with Crippen molar-refractivity contribution < 1.29 is 4.79 Å². The zero-order chi connectivity index (χ0) is 14.5. The second-order valence-corrected chi connectivity index (χ2v) is 5.72. The minimum absolute atomic E-state index is 0.252. The average molecular weight is 283 g/mol. The molecule has 1 aromatic heterocycles. The van der Waals surface area contributed by atoms with Gasteiger partial charge in [-0.1, -0.05) is 30.3 Å². The Labute approximate surface area is 125 Å². The number of rotatable bonds is 5. The Morgan fingerprint density at radius 1 is 1.33 bits per heavy atom. The quantitative estimate of drug-likeness (QED) is 0.916. The Balaban J connectivity index is 1.46. The summed E-state index contributed by atoms with van der Waals surface area (Å²) in [5.41, 5.74) is 1.37. The highest BCUT2D eigenvalue weighted by molar-refractivity contribution is 5.76. The van der Waals surface area contributed by atoms with E-state index in [1.54, 1.807) is 12.4 Å². The summed E-state index contributed by atoms with van der Waals surface area (Å²) >= 11 is 0. The fraction of sp³-hybridized carbons (Fsp3) is 0.412. The van der Waals surface area contributed by atoms with Gasteiger partial charge in [0.15, 0.2) is 0 Å². The van der Waals surface area contributed by atoms with Crippen LogP contribution in [0.5, 0.6) is 0 Å². The summed E-state index contributed by atoms with van der Waals surface area (Å²) in [4.78, 5) is 21.4. The highest BCUT2D eigenvalue weighted by Crippen LogP contribution is 2.21. The van der Waals surface area contributed by atoms with Crippen LogP contribution >= 0.6 is 0 Å². The molecule has 1 aliphatic heterocycles. The summed E-state index contributed by atoms with van der Waals surface area (Å²) in [6, 6.07) is 10.5. The number of aryl methyl sites for hydroxylation is 1. The molecule has 2 aromatic rings. The number of nitrogens with one attached hydrogen (secondary N) is 1. The number of aromatic nitrogens is 2. The van der Waals surface area contributed by atoms with Crippen molar-refractivity contribution in [1.82, 2.24) is 14.9 Å². The third-order valence-electron chi connectivity index (χ3n) is 4.14. The first-order valence-electron chi connectivity index (χ1n) is 7.61. The Kier molecular flexibility index (Phi) is 4.34. The number of imidazole rings is 1. The van der Waals surface area contributed by atoms with Crippen LogP contribution in [0.25, 0.3) is 0 Å². The molecule has 4 heteroatoms. The first-order valence-corrected chi connectivity index (χ1v) is 7.61. The first-order chi connectivity index (χ1) is 10.3. The molecule has 1 atom stereocenters. The molecule has 1 saturated heterocycles. The maximum absolute atomic E-state index is 12.2. The van der Waals surface area contributed by atoms with E-state index in [-0.39, 0.29) is 5.91 Å². The summed E-state index contributed by atoms with van der Waals surface area (Å²) in [6.45, 7) is 1.79.